The van der Waals surface area contributed by atoms with Gasteiger partial charge in [0.05, 0.1) is 16.7 Å². The number of anilines is 1. The van der Waals surface area contributed by atoms with Gasteiger partial charge >= 0.3 is 0 Å². The molecule has 1 aliphatic carbocycles. The van der Waals surface area contributed by atoms with Gasteiger partial charge in [-0.05, 0) is 93.1 Å². The number of aromatic nitrogens is 1. The molecule has 0 radical (unpaired) electrons. The molecule has 1 amide bonds. The summed E-state index contributed by atoms with van der Waals surface area (Å²) in [7, 11) is -3.85. The molecule has 0 unspecified atom stereocenters. The van der Waals surface area contributed by atoms with Crippen LogP contribution in [0.5, 0.6) is 0 Å². The Bertz CT molecular complexity index is 1950. The minimum absolute atomic E-state index is 0.112. The van der Waals surface area contributed by atoms with E-state index in [0.29, 0.717) is 0 Å². The minimum Gasteiger partial charge on any atom is -0.322 e. The normalized spacial score (nSPS) is 13.4. The van der Waals surface area contributed by atoms with Gasteiger partial charge in [-0.15, -0.1) is 11.3 Å². The van der Waals surface area contributed by atoms with Crippen LogP contribution in [0.4, 0.5) is 5.69 Å². The molecule has 0 fully saturated rings. The van der Waals surface area contributed by atoms with E-state index in [9.17, 15) is 13.2 Å². The zero-order valence-corrected chi connectivity index (χ0v) is 25.4. The summed E-state index contributed by atoms with van der Waals surface area (Å²) < 4.78 is 28.0. The fraction of sp³-hybridized carbons (Fsp3) is 0.212. The lowest BCUT2D eigenvalue weighted by Gasteiger charge is -2.14. The maximum absolute atomic E-state index is 13.7. The van der Waals surface area contributed by atoms with Crippen molar-refractivity contribution < 1.29 is 13.2 Å². The van der Waals surface area contributed by atoms with Crippen LogP contribution in [0.3, 0.4) is 0 Å². The van der Waals surface area contributed by atoms with Crippen LogP contribution in [0, 0.1) is 20.8 Å². The van der Waals surface area contributed by atoms with Gasteiger partial charge in [0.2, 0.25) is 0 Å². The van der Waals surface area contributed by atoms with Crippen molar-refractivity contribution in [2.24, 2.45) is 5.10 Å². The maximum atomic E-state index is 13.7. The van der Waals surface area contributed by atoms with Crippen molar-refractivity contribution in [3.8, 4) is 5.00 Å². The molecule has 0 atom stereocenters. The van der Waals surface area contributed by atoms with E-state index in [4.69, 9.17) is 0 Å². The van der Waals surface area contributed by atoms with E-state index in [1.54, 1.807) is 29.5 Å². The van der Waals surface area contributed by atoms with Gasteiger partial charge < -0.3 is 9.88 Å². The molecule has 6 rings (SSSR count). The van der Waals surface area contributed by atoms with Crippen LogP contribution in [-0.2, 0) is 22.9 Å². The van der Waals surface area contributed by atoms with Crippen LogP contribution in [-0.4, -0.2) is 25.1 Å². The first kappa shape index (κ1) is 27.9. The van der Waals surface area contributed by atoms with E-state index in [1.165, 1.54) is 11.1 Å². The van der Waals surface area contributed by atoms with E-state index in [0.717, 1.165) is 80.8 Å². The molecule has 214 valence electrons. The Labute approximate surface area is 250 Å². The third-order valence-electron chi connectivity index (χ3n) is 7.77. The first-order chi connectivity index (χ1) is 20.2. The number of thiophene rings is 1. The van der Waals surface area contributed by atoms with Crippen LogP contribution >= 0.6 is 11.3 Å². The Morgan fingerprint density at radius 1 is 0.929 bits per heavy atom. The summed E-state index contributed by atoms with van der Waals surface area (Å²) in [4.78, 5) is 17.5. The fourth-order valence-electron chi connectivity index (χ4n) is 5.56. The van der Waals surface area contributed by atoms with E-state index < -0.39 is 10.0 Å². The number of amides is 1. The Kier molecular flexibility index (Phi) is 7.47. The number of rotatable bonds is 7. The quantitative estimate of drug-likeness (QED) is 0.156. The Morgan fingerprint density at radius 3 is 2.45 bits per heavy atom. The molecule has 0 saturated carbocycles. The Hall–Kier alpha value is -4.21. The number of hydrazone groups is 1. The second-order valence-electron chi connectivity index (χ2n) is 10.7. The highest BCUT2D eigenvalue weighted by molar-refractivity contribution is 7.89. The summed E-state index contributed by atoms with van der Waals surface area (Å²) >= 11 is 1.67. The van der Waals surface area contributed by atoms with Gasteiger partial charge in [0.15, 0.2) is 0 Å². The van der Waals surface area contributed by atoms with Crippen LogP contribution in [0.15, 0.2) is 82.8 Å². The molecule has 2 heterocycles. The van der Waals surface area contributed by atoms with Crippen molar-refractivity contribution in [2.75, 3.05) is 5.32 Å². The third-order valence-corrected chi connectivity index (χ3v) is 10.3. The Morgan fingerprint density at radius 2 is 1.67 bits per heavy atom. The number of aryl methyl sites for hydroxylation is 3. The van der Waals surface area contributed by atoms with E-state index in [1.807, 2.05) is 75.4 Å². The molecule has 0 spiro atoms. The first-order valence-corrected chi connectivity index (χ1v) is 16.3. The van der Waals surface area contributed by atoms with Crippen LogP contribution < -0.4 is 10.1 Å². The van der Waals surface area contributed by atoms with Crippen molar-refractivity contribution in [2.45, 2.75) is 51.3 Å². The highest BCUT2D eigenvalue weighted by atomic mass is 32.2. The SMILES string of the molecule is Cc1ccc(NC(=O)c2c(-n3c(C)cc(/C=N/NS(=O)(=O)c4ccc5ccccc5c4)c3C)sc3c2CCCC3)cc1. The summed E-state index contributed by atoms with van der Waals surface area (Å²) in [6, 6.07) is 22.4. The van der Waals surface area contributed by atoms with Crippen LogP contribution in [0.25, 0.3) is 15.8 Å². The molecule has 1 aliphatic rings. The predicted molar refractivity (Wildman–Crippen MR) is 171 cm³/mol. The fourth-order valence-corrected chi connectivity index (χ4v) is 7.88. The molecule has 2 N–H and O–H groups in total. The van der Waals surface area contributed by atoms with Gasteiger partial charge in [0.25, 0.3) is 15.9 Å². The van der Waals surface area contributed by atoms with Crippen molar-refractivity contribution >= 4 is 49.9 Å². The predicted octanol–water partition coefficient (Wildman–Crippen LogP) is 7.06. The number of nitrogens with one attached hydrogen (secondary N) is 2. The second-order valence-corrected chi connectivity index (χ2v) is 13.5. The summed E-state index contributed by atoms with van der Waals surface area (Å²) in [6.07, 6.45) is 5.55. The van der Waals surface area contributed by atoms with Crippen LogP contribution in [0.2, 0.25) is 0 Å². The summed E-state index contributed by atoms with van der Waals surface area (Å²) in [5, 5.41) is 9.91. The second kappa shape index (κ2) is 11.2. The van der Waals surface area contributed by atoms with Gasteiger partial charge in [-0.1, -0.05) is 48.0 Å². The number of benzene rings is 3. The molecule has 9 heteroatoms. The van der Waals surface area contributed by atoms with Crippen molar-refractivity contribution in [3.05, 3.63) is 111 Å². The molecule has 42 heavy (non-hydrogen) atoms. The molecule has 7 nitrogen and oxygen atoms in total. The van der Waals surface area contributed by atoms with E-state index >= 15 is 0 Å². The van der Waals surface area contributed by atoms with Crippen LogP contribution in [0.1, 0.15) is 56.2 Å². The average molecular weight is 597 g/mol. The van der Waals surface area contributed by atoms with Gasteiger partial charge in [-0.2, -0.15) is 13.5 Å². The highest BCUT2D eigenvalue weighted by Crippen LogP contribution is 2.39. The van der Waals surface area contributed by atoms with Crippen molar-refractivity contribution in [1.82, 2.24) is 9.40 Å². The zero-order valence-electron chi connectivity index (χ0n) is 23.8. The van der Waals surface area contributed by atoms with Gasteiger partial charge in [0, 0.05) is 27.5 Å². The number of sulfonamides is 1. The lowest BCUT2D eigenvalue weighted by molar-refractivity contribution is 0.102. The molecule has 5 aromatic rings. The number of hydrogen-bond acceptors (Lipinski definition) is 5. The number of carbonyl (C=O) groups is 1. The summed E-state index contributed by atoms with van der Waals surface area (Å²) in [5.41, 5.74) is 6.34. The van der Waals surface area contributed by atoms with Gasteiger partial charge in [-0.3, -0.25) is 4.79 Å². The molecule has 2 aromatic heterocycles. The van der Waals surface area contributed by atoms with Crippen molar-refractivity contribution in [3.63, 3.8) is 0 Å². The lowest BCUT2D eigenvalue weighted by Crippen LogP contribution is -2.18. The van der Waals surface area contributed by atoms with E-state index in [-0.39, 0.29) is 10.8 Å². The standard InChI is InChI=1S/C33H32N4O3S2/c1-21-12-15-27(16-13-21)35-32(38)31-29-10-6-7-11-30(29)41-33(31)37-22(2)18-26(23(37)3)20-34-36-42(39,40)28-17-14-24-8-4-5-9-25(24)19-28/h4-5,8-9,12-20,36H,6-7,10-11H2,1-3H3,(H,35,38)/b34-20+. The minimum atomic E-state index is -3.85. The number of fused-ring (bicyclic) bond motifs is 2. The van der Waals surface area contributed by atoms with Gasteiger partial charge in [0.1, 0.15) is 5.00 Å². The first-order valence-electron chi connectivity index (χ1n) is 14.0. The van der Waals surface area contributed by atoms with Gasteiger partial charge in [-0.25, -0.2) is 4.83 Å². The monoisotopic (exact) mass is 596 g/mol. The molecule has 0 bridgehead atoms. The molecule has 0 saturated heterocycles. The summed E-state index contributed by atoms with van der Waals surface area (Å²) in [5.74, 6) is -0.112. The lowest BCUT2D eigenvalue weighted by atomic mass is 9.95. The zero-order chi connectivity index (χ0) is 29.4. The Balaban J connectivity index is 1.30. The number of nitrogens with zero attached hydrogens (tertiary/aromatic N) is 2. The third kappa shape index (κ3) is 5.37. The number of carbonyl (C=O) groups excluding carboxylic acids is 1. The number of hydrogen-bond donors (Lipinski definition) is 2. The molecule has 0 aliphatic heterocycles. The largest absolute Gasteiger partial charge is 0.322 e. The topological polar surface area (TPSA) is 92.6 Å². The summed E-state index contributed by atoms with van der Waals surface area (Å²) in [6.45, 7) is 5.97. The maximum Gasteiger partial charge on any atom is 0.276 e. The average Bonchev–Trinajstić information content (AvgIpc) is 3.49. The molecular weight excluding hydrogens is 565 g/mol. The van der Waals surface area contributed by atoms with E-state index in [2.05, 4.69) is 19.8 Å². The van der Waals surface area contributed by atoms with Crippen molar-refractivity contribution in [1.29, 1.82) is 0 Å². The smallest absolute Gasteiger partial charge is 0.276 e. The highest BCUT2D eigenvalue weighted by Gasteiger charge is 2.28. The molecular formula is C33H32N4O3S2. The molecule has 3 aromatic carbocycles.